The second-order valence-corrected chi connectivity index (χ2v) is 10.6. The molecule has 10 nitrogen and oxygen atoms in total. The maximum absolute atomic E-state index is 13.0. The fourth-order valence-corrected chi connectivity index (χ4v) is 4.50. The number of ether oxygens (including phenoxy) is 1. The van der Waals surface area contributed by atoms with Crippen LogP contribution in [0.15, 0.2) is 47.4 Å². The van der Waals surface area contributed by atoms with Crippen molar-refractivity contribution in [1.29, 1.82) is 0 Å². The van der Waals surface area contributed by atoms with Crippen molar-refractivity contribution in [3.8, 4) is 5.75 Å². The van der Waals surface area contributed by atoms with Gasteiger partial charge in [0, 0.05) is 44.1 Å². The number of hydrogen-bond acceptors (Lipinski definition) is 7. The lowest BCUT2D eigenvalue weighted by atomic mass is 10.1. The Morgan fingerprint density at radius 2 is 1.69 bits per heavy atom. The average Bonchev–Trinajstić information content (AvgIpc) is 2.88. The number of carbonyl (C=O) groups excluding carboxylic acids is 1. The van der Waals surface area contributed by atoms with E-state index in [0.717, 1.165) is 31.9 Å². The highest BCUT2D eigenvalue weighted by Crippen LogP contribution is 2.27. The zero-order chi connectivity index (χ0) is 29.2. The molecule has 1 saturated heterocycles. The summed E-state index contributed by atoms with van der Waals surface area (Å²) < 4.78 is 65.5. The summed E-state index contributed by atoms with van der Waals surface area (Å²) in [6.45, 7) is 10.2. The SMILES string of the molecule is CCOc1ccc(S(=O)(=O)Nc2ccc(N3CCNCC3)c(C(=O)NCC(C)C)c2)cc1.O=C(O)C(F)(F)F. The number of anilines is 2. The number of sulfonamides is 1. The maximum Gasteiger partial charge on any atom is 0.490 e. The molecule has 0 bridgehead atoms. The molecule has 0 radical (unpaired) electrons. The molecule has 1 aliphatic rings. The quantitative estimate of drug-likeness (QED) is 0.358. The highest BCUT2D eigenvalue weighted by Gasteiger charge is 2.38. The molecule has 0 atom stereocenters. The summed E-state index contributed by atoms with van der Waals surface area (Å²) >= 11 is 0. The highest BCUT2D eigenvalue weighted by atomic mass is 32.2. The summed E-state index contributed by atoms with van der Waals surface area (Å²) in [5.41, 5.74) is 1.60. The van der Waals surface area contributed by atoms with Crippen molar-refractivity contribution in [3.05, 3.63) is 48.0 Å². The number of nitrogens with one attached hydrogen (secondary N) is 3. The maximum atomic E-state index is 13.0. The monoisotopic (exact) mass is 574 g/mol. The summed E-state index contributed by atoms with van der Waals surface area (Å²) in [4.78, 5) is 24.1. The molecule has 0 aromatic heterocycles. The Balaban J connectivity index is 0.000000673. The largest absolute Gasteiger partial charge is 0.494 e. The number of nitrogens with zero attached hydrogens (tertiary/aromatic N) is 1. The molecule has 14 heteroatoms. The minimum Gasteiger partial charge on any atom is -0.494 e. The van der Waals surface area contributed by atoms with Gasteiger partial charge in [-0.1, -0.05) is 13.8 Å². The molecule has 1 amide bonds. The second-order valence-electron chi connectivity index (χ2n) is 8.89. The van der Waals surface area contributed by atoms with Gasteiger partial charge in [-0.3, -0.25) is 9.52 Å². The van der Waals surface area contributed by atoms with Gasteiger partial charge in [0.15, 0.2) is 0 Å². The van der Waals surface area contributed by atoms with E-state index in [4.69, 9.17) is 14.6 Å². The van der Waals surface area contributed by atoms with Crippen LogP contribution in [-0.2, 0) is 14.8 Å². The number of carboxylic acids is 1. The van der Waals surface area contributed by atoms with Gasteiger partial charge in [0.25, 0.3) is 15.9 Å². The smallest absolute Gasteiger partial charge is 0.490 e. The molecule has 1 heterocycles. The molecule has 0 spiro atoms. The van der Waals surface area contributed by atoms with E-state index in [1.807, 2.05) is 26.8 Å². The molecule has 0 unspecified atom stereocenters. The van der Waals surface area contributed by atoms with Gasteiger partial charge in [0.2, 0.25) is 0 Å². The van der Waals surface area contributed by atoms with Crippen LogP contribution in [0.25, 0.3) is 0 Å². The first-order valence-corrected chi connectivity index (χ1v) is 13.7. The predicted octanol–water partition coefficient (Wildman–Crippen LogP) is 3.31. The minimum atomic E-state index is -5.08. The Kier molecular flexibility index (Phi) is 11.4. The number of carbonyl (C=O) groups is 2. The zero-order valence-electron chi connectivity index (χ0n) is 21.8. The third kappa shape index (κ3) is 9.94. The van der Waals surface area contributed by atoms with Gasteiger partial charge in [0.05, 0.1) is 17.1 Å². The lowest BCUT2D eigenvalue weighted by molar-refractivity contribution is -0.192. The van der Waals surface area contributed by atoms with Gasteiger partial charge in [0.1, 0.15) is 5.75 Å². The Hall–Kier alpha value is -3.52. The number of halogens is 3. The van der Waals surface area contributed by atoms with Gasteiger partial charge >= 0.3 is 12.1 Å². The van der Waals surface area contributed by atoms with E-state index < -0.39 is 22.2 Å². The predicted molar refractivity (Wildman–Crippen MR) is 141 cm³/mol. The molecule has 216 valence electrons. The van der Waals surface area contributed by atoms with Crippen molar-refractivity contribution in [1.82, 2.24) is 10.6 Å². The number of amides is 1. The number of aliphatic carboxylic acids is 1. The molecule has 2 aromatic carbocycles. The van der Waals surface area contributed by atoms with Crippen LogP contribution in [0.2, 0.25) is 0 Å². The number of hydrogen-bond donors (Lipinski definition) is 4. The van der Waals surface area contributed by atoms with E-state index in [2.05, 4.69) is 20.3 Å². The molecule has 1 aliphatic heterocycles. The number of alkyl halides is 3. The summed E-state index contributed by atoms with van der Waals surface area (Å²) in [5.74, 6) is -2.05. The van der Waals surface area contributed by atoms with Crippen LogP contribution in [0.5, 0.6) is 5.75 Å². The van der Waals surface area contributed by atoms with Crippen molar-refractivity contribution in [3.63, 3.8) is 0 Å². The summed E-state index contributed by atoms with van der Waals surface area (Å²) in [6.07, 6.45) is -5.08. The van der Waals surface area contributed by atoms with Gasteiger partial charge in [-0.25, -0.2) is 13.2 Å². The van der Waals surface area contributed by atoms with Crippen molar-refractivity contribution in [2.45, 2.75) is 31.8 Å². The minimum absolute atomic E-state index is 0.123. The van der Waals surface area contributed by atoms with E-state index >= 15 is 0 Å². The first kappa shape index (κ1) is 31.7. The summed E-state index contributed by atoms with van der Waals surface area (Å²) in [5, 5.41) is 13.4. The van der Waals surface area contributed by atoms with Crippen LogP contribution in [0, 0.1) is 5.92 Å². The first-order chi connectivity index (χ1) is 18.2. The second kappa shape index (κ2) is 14.0. The van der Waals surface area contributed by atoms with Crippen LogP contribution in [0.1, 0.15) is 31.1 Å². The van der Waals surface area contributed by atoms with E-state index in [0.29, 0.717) is 36.1 Å². The first-order valence-electron chi connectivity index (χ1n) is 12.2. The molecular weight excluding hydrogens is 541 g/mol. The van der Waals surface area contributed by atoms with Crippen LogP contribution in [-0.4, -0.2) is 70.9 Å². The Bertz CT molecular complexity index is 1220. The van der Waals surface area contributed by atoms with Crippen LogP contribution in [0.4, 0.5) is 24.5 Å². The molecule has 0 saturated carbocycles. The fourth-order valence-electron chi connectivity index (χ4n) is 3.45. The summed E-state index contributed by atoms with van der Waals surface area (Å²) in [6, 6.07) is 11.4. The molecule has 0 aliphatic carbocycles. The van der Waals surface area contributed by atoms with Crippen LogP contribution in [0.3, 0.4) is 0 Å². The average molecular weight is 575 g/mol. The van der Waals surface area contributed by atoms with E-state index in [9.17, 15) is 26.4 Å². The van der Waals surface area contributed by atoms with E-state index in [1.165, 1.54) is 12.1 Å². The number of piperazine rings is 1. The molecule has 1 fully saturated rings. The molecule has 2 aromatic rings. The summed E-state index contributed by atoms with van der Waals surface area (Å²) in [7, 11) is -3.81. The van der Waals surface area contributed by atoms with Gasteiger partial charge in [-0.05, 0) is 55.3 Å². The highest BCUT2D eigenvalue weighted by molar-refractivity contribution is 7.92. The molecule has 39 heavy (non-hydrogen) atoms. The van der Waals surface area contributed by atoms with Crippen molar-refractivity contribution < 1.29 is 41.0 Å². The molecule has 4 N–H and O–H groups in total. The number of benzene rings is 2. The Labute approximate surface area is 225 Å². The lowest BCUT2D eigenvalue weighted by Gasteiger charge is -2.31. The third-order valence-corrected chi connectivity index (χ3v) is 6.71. The van der Waals surface area contributed by atoms with Crippen molar-refractivity contribution in [2.75, 3.05) is 49.0 Å². The van der Waals surface area contributed by atoms with Gasteiger partial charge in [-0.15, -0.1) is 0 Å². The fraction of sp³-hybridized carbons (Fsp3) is 0.440. The normalized spacial score (nSPS) is 13.8. The van der Waals surface area contributed by atoms with Crippen molar-refractivity contribution in [2.24, 2.45) is 5.92 Å². The molecule has 3 rings (SSSR count). The zero-order valence-corrected chi connectivity index (χ0v) is 22.7. The Morgan fingerprint density at radius 3 is 2.21 bits per heavy atom. The number of rotatable bonds is 9. The van der Waals surface area contributed by atoms with Gasteiger partial charge in [-0.2, -0.15) is 13.2 Å². The van der Waals surface area contributed by atoms with Gasteiger partial charge < -0.3 is 25.4 Å². The van der Waals surface area contributed by atoms with Crippen molar-refractivity contribution >= 4 is 33.3 Å². The topological polar surface area (TPSA) is 137 Å². The third-order valence-electron chi connectivity index (χ3n) is 5.31. The lowest BCUT2D eigenvalue weighted by Crippen LogP contribution is -2.44. The Morgan fingerprint density at radius 1 is 1.10 bits per heavy atom. The van der Waals surface area contributed by atoms with E-state index in [1.54, 1.807) is 24.3 Å². The van der Waals surface area contributed by atoms with E-state index in [-0.39, 0.29) is 10.8 Å². The standard InChI is InChI=1S/C23H32N4O4S.C2HF3O2/c1-4-31-19-6-8-20(9-7-19)32(29,30)26-18-5-10-22(27-13-11-24-12-14-27)21(15-18)23(28)25-16-17(2)3;3-2(4,5)1(6)7/h5-10,15,17,24,26H,4,11-14,16H2,1-3H3,(H,25,28);(H,6,7). The number of carboxylic acid groups (broad SMARTS) is 1. The van der Waals surface area contributed by atoms with Crippen LogP contribution >= 0.6 is 0 Å². The molecular formula is C25H33F3N4O6S. The van der Waals surface area contributed by atoms with Crippen LogP contribution < -0.4 is 25.0 Å².